The molecule has 6 rings (SSSR count). The number of halogens is 2. The lowest BCUT2D eigenvalue weighted by Gasteiger charge is -2.42. The van der Waals surface area contributed by atoms with Gasteiger partial charge >= 0.3 is 0 Å². The zero-order valence-electron chi connectivity index (χ0n) is 23.7. The van der Waals surface area contributed by atoms with Crippen molar-refractivity contribution in [3.05, 3.63) is 101 Å². The van der Waals surface area contributed by atoms with E-state index in [1.54, 1.807) is 0 Å². The molecule has 0 bridgehead atoms. The molecule has 1 saturated heterocycles. The third kappa shape index (κ3) is 5.15. The normalized spacial score (nSPS) is 20.8. The van der Waals surface area contributed by atoms with Crippen molar-refractivity contribution in [1.29, 1.82) is 0 Å². The molecule has 4 aromatic rings. The number of fused-ring (bicyclic) bond motifs is 3. The van der Waals surface area contributed by atoms with Gasteiger partial charge in [-0.1, -0.05) is 68.8 Å². The van der Waals surface area contributed by atoms with E-state index in [9.17, 15) is 0 Å². The number of benzene rings is 3. The van der Waals surface area contributed by atoms with Crippen LogP contribution in [0.2, 0.25) is 0 Å². The van der Waals surface area contributed by atoms with Gasteiger partial charge in [-0.05, 0) is 42.4 Å². The maximum absolute atomic E-state index is 16.0. The van der Waals surface area contributed by atoms with Gasteiger partial charge in [0.05, 0.1) is 6.04 Å². The number of aromatic amines is 1. The van der Waals surface area contributed by atoms with E-state index in [0.29, 0.717) is 13.2 Å². The second kappa shape index (κ2) is 11.3. The van der Waals surface area contributed by atoms with Gasteiger partial charge in [0.25, 0.3) is 0 Å². The number of aromatic nitrogens is 1. The summed E-state index contributed by atoms with van der Waals surface area (Å²) in [5, 5.41) is 1.13. The smallest absolute Gasteiger partial charge is 0.135 e. The van der Waals surface area contributed by atoms with Crippen molar-refractivity contribution in [1.82, 2.24) is 14.8 Å². The minimum atomic E-state index is -0.571. The lowest BCUT2D eigenvalue weighted by Crippen LogP contribution is -2.47. The SMILES string of the molecule is CCC1CN(CCOc2cc(F)c([C@@H]3c4[nH]c5ccccc5c4C[C@@H](C)N3C[C@H](C)c3ccccc3)c(F)c2)C1. The fraction of sp³-hybridized carbons (Fsp3) is 0.412. The van der Waals surface area contributed by atoms with Crippen LogP contribution < -0.4 is 4.74 Å². The number of nitrogens with one attached hydrogen (secondary N) is 1. The second-order valence-electron chi connectivity index (χ2n) is 11.7. The Bertz CT molecular complexity index is 1440. The van der Waals surface area contributed by atoms with Crippen LogP contribution in [0.5, 0.6) is 5.75 Å². The monoisotopic (exact) mass is 543 g/mol. The third-order valence-corrected chi connectivity index (χ3v) is 8.98. The summed E-state index contributed by atoms with van der Waals surface area (Å²) in [4.78, 5) is 8.14. The fourth-order valence-electron chi connectivity index (χ4n) is 6.62. The number of H-pyrrole nitrogens is 1. The van der Waals surface area contributed by atoms with E-state index in [4.69, 9.17) is 4.74 Å². The van der Waals surface area contributed by atoms with Gasteiger partial charge in [-0.3, -0.25) is 9.80 Å². The Morgan fingerprint density at radius 3 is 2.42 bits per heavy atom. The molecular formula is C34H39F2N3O. The van der Waals surface area contributed by atoms with Crippen molar-refractivity contribution in [2.75, 3.05) is 32.8 Å². The highest BCUT2D eigenvalue weighted by atomic mass is 19.1. The zero-order chi connectivity index (χ0) is 27.8. The largest absolute Gasteiger partial charge is 0.492 e. The first kappa shape index (κ1) is 27.0. The Labute approximate surface area is 235 Å². The molecule has 0 radical (unpaired) electrons. The summed E-state index contributed by atoms with van der Waals surface area (Å²) in [5.74, 6) is 0.0714. The summed E-state index contributed by atoms with van der Waals surface area (Å²) in [6.45, 7) is 10.6. The number of para-hydroxylation sites is 1. The van der Waals surface area contributed by atoms with Gasteiger partial charge in [-0.25, -0.2) is 8.78 Å². The Hall–Kier alpha value is -3.22. The highest BCUT2D eigenvalue weighted by Gasteiger charge is 2.39. The molecule has 2 aliphatic heterocycles. The molecule has 0 amide bonds. The van der Waals surface area contributed by atoms with Crippen molar-refractivity contribution in [2.24, 2.45) is 5.92 Å². The average Bonchev–Trinajstić information content (AvgIpc) is 3.29. The highest BCUT2D eigenvalue weighted by molar-refractivity contribution is 5.85. The lowest BCUT2D eigenvalue weighted by molar-refractivity contribution is 0.0804. The van der Waals surface area contributed by atoms with Crippen LogP contribution in [0.4, 0.5) is 8.78 Å². The van der Waals surface area contributed by atoms with Crippen molar-refractivity contribution < 1.29 is 13.5 Å². The summed E-state index contributed by atoms with van der Waals surface area (Å²) >= 11 is 0. The topological polar surface area (TPSA) is 31.5 Å². The molecule has 4 nitrogen and oxygen atoms in total. The van der Waals surface area contributed by atoms with Crippen molar-refractivity contribution in [3.63, 3.8) is 0 Å². The molecule has 0 aliphatic carbocycles. The lowest BCUT2D eigenvalue weighted by atomic mass is 9.86. The number of likely N-dealkylation sites (tertiary alicyclic amines) is 1. The molecule has 1 N–H and O–H groups in total. The molecule has 0 saturated carbocycles. The Kier molecular flexibility index (Phi) is 7.65. The molecule has 2 aliphatic rings. The second-order valence-corrected chi connectivity index (χ2v) is 11.7. The van der Waals surface area contributed by atoms with E-state index in [1.807, 2.05) is 36.4 Å². The maximum atomic E-state index is 16.0. The van der Waals surface area contributed by atoms with Crippen molar-refractivity contribution in [2.45, 2.75) is 51.6 Å². The molecule has 3 heterocycles. The van der Waals surface area contributed by atoms with Crippen LogP contribution in [0.1, 0.15) is 61.5 Å². The van der Waals surface area contributed by atoms with Crippen molar-refractivity contribution >= 4 is 10.9 Å². The van der Waals surface area contributed by atoms with Gasteiger partial charge in [-0.15, -0.1) is 0 Å². The Balaban J connectivity index is 1.32. The van der Waals surface area contributed by atoms with Gasteiger partial charge in [0, 0.05) is 66.5 Å². The summed E-state index contributed by atoms with van der Waals surface area (Å²) in [6, 6.07) is 20.8. The first-order chi connectivity index (χ1) is 19.4. The first-order valence-electron chi connectivity index (χ1n) is 14.7. The third-order valence-electron chi connectivity index (χ3n) is 8.98. The van der Waals surface area contributed by atoms with Gasteiger partial charge in [0.1, 0.15) is 24.0 Å². The van der Waals surface area contributed by atoms with Crippen LogP contribution in [0.15, 0.2) is 66.7 Å². The molecule has 1 aromatic heterocycles. The molecule has 6 heteroatoms. The predicted octanol–water partition coefficient (Wildman–Crippen LogP) is 7.31. The van der Waals surface area contributed by atoms with Gasteiger partial charge in [0.2, 0.25) is 0 Å². The average molecular weight is 544 g/mol. The predicted molar refractivity (Wildman–Crippen MR) is 157 cm³/mol. The summed E-state index contributed by atoms with van der Waals surface area (Å²) in [6.07, 6.45) is 2.01. The van der Waals surface area contributed by atoms with Gasteiger partial charge < -0.3 is 9.72 Å². The number of ether oxygens (including phenoxy) is 1. The van der Waals surface area contributed by atoms with Crippen LogP contribution >= 0.6 is 0 Å². The molecule has 0 unspecified atom stereocenters. The number of hydrogen-bond donors (Lipinski definition) is 1. The van der Waals surface area contributed by atoms with Gasteiger partial charge in [-0.2, -0.15) is 0 Å². The van der Waals surface area contributed by atoms with E-state index in [1.165, 1.54) is 24.1 Å². The van der Waals surface area contributed by atoms with E-state index < -0.39 is 17.7 Å². The van der Waals surface area contributed by atoms with E-state index in [-0.39, 0.29) is 23.3 Å². The number of hydrogen-bond acceptors (Lipinski definition) is 3. The summed E-state index contributed by atoms with van der Waals surface area (Å²) in [7, 11) is 0. The molecule has 0 spiro atoms. The summed E-state index contributed by atoms with van der Waals surface area (Å²) in [5.41, 5.74) is 4.33. The molecule has 40 heavy (non-hydrogen) atoms. The van der Waals surface area contributed by atoms with Gasteiger partial charge in [0.15, 0.2) is 0 Å². The minimum Gasteiger partial charge on any atom is -0.492 e. The maximum Gasteiger partial charge on any atom is 0.135 e. The standard InChI is InChI=1S/C34H39F2N3O/c1-4-24-20-38(21-24)14-15-40-26-17-29(35)32(30(36)18-26)34-33-28(27-12-8-9-13-31(27)37-33)16-23(3)39(34)19-22(2)25-10-6-5-7-11-25/h5-13,17-18,22-24,34,37H,4,14-16,19-21H2,1-3H3/t22-,23+,34+/m0/s1. The van der Waals surface area contributed by atoms with Crippen molar-refractivity contribution in [3.8, 4) is 5.75 Å². The van der Waals surface area contributed by atoms with Crippen LogP contribution in [-0.2, 0) is 6.42 Å². The van der Waals surface area contributed by atoms with Crippen LogP contribution in [0.3, 0.4) is 0 Å². The van der Waals surface area contributed by atoms with Crippen LogP contribution in [-0.4, -0.2) is 53.6 Å². The quantitative estimate of drug-likeness (QED) is 0.240. The fourth-order valence-corrected chi connectivity index (χ4v) is 6.62. The highest BCUT2D eigenvalue weighted by Crippen LogP contribution is 2.43. The molecular weight excluding hydrogens is 504 g/mol. The molecule has 3 aromatic carbocycles. The minimum absolute atomic E-state index is 0.0838. The Morgan fingerprint density at radius 2 is 1.70 bits per heavy atom. The van der Waals surface area contributed by atoms with Crippen LogP contribution in [0, 0.1) is 17.6 Å². The van der Waals surface area contributed by atoms with Crippen LogP contribution in [0.25, 0.3) is 10.9 Å². The van der Waals surface area contributed by atoms with E-state index in [0.717, 1.165) is 54.1 Å². The number of nitrogens with zero attached hydrogens (tertiary/aromatic N) is 2. The zero-order valence-corrected chi connectivity index (χ0v) is 23.7. The van der Waals surface area contributed by atoms with E-state index in [2.05, 4.69) is 53.8 Å². The first-order valence-corrected chi connectivity index (χ1v) is 14.7. The Morgan fingerprint density at radius 1 is 1.00 bits per heavy atom. The number of rotatable bonds is 9. The molecule has 3 atom stereocenters. The summed E-state index contributed by atoms with van der Waals surface area (Å²) < 4.78 is 37.8. The molecule has 210 valence electrons. The molecule has 1 fully saturated rings. The van der Waals surface area contributed by atoms with E-state index >= 15 is 8.78 Å².